The van der Waals surface area contributed by atoms with E-state index in [1.54, 1.807) is 0 Å². The molecule has 1 heteroatoms. The van der Waals surface area contributed by atoms with Gasteiger partial charge in [0.15, 0.2) is 0 Å². The van der Waals surface area contributed by atoms with Crippen LogP contribution in [0.1, 0.15) is 61.3 Å². The molecule has 1 rings (SSSR count). The van der Waals surface area contributed by atoms with Crippen molar-refractivity contribution >= 4 is 0 Å². The third-order valence-electron chi connectivity index (χ3n) is 4.27. The van der Waals surface area contributed by atoms with E-state index in [4.69, 9.17) is 4.74 Å². The Bertz CT molecular complexity index is 221. The summed E-state index contributed by atoms with van der Waals surface area (Å²) in [6.07, 6.45) is 2.86. The molecular weight excluding hydrogens is 196 g/mol. The molecule has 1 heterocycles. The average molecular weight is 226 g/mol. The highest BCUT2D eigenvalue weighted by Crippen LogP contribution is 2.48. The monoisotopic (exact) mass is 226 g/mol. The van der Waals surface area contributed by atoms with E-state index in [2.05, 4.69) is 48.5 Å². The highest BCUT2D eigenvalue weighted by molar-refractivity contribution is 4.98. The van der Waals surface area contributed by atoms with Gasteiger partial charge in [-0.1, -0.05) is 41.0 Å². The van der Waals surface area contributed by atoms with Gasteiger partial charge in [-0.2, -0.15) is 0 Å². The number of hydrogen-bond acceptors (Lipinski definition) is 1. The summed E-state index contributed by atoms with van der Waals surface area (Å²) in [5, 5.41) is 0. The van der Waals surface area contributed by atoms with Crippen LogP contribution in [0.15, 0.2) is 0 Å². The maximum Gasteiger partial charge on any atom is 0.0692 e. The molecule has 1 saturated heterocycles. The van der Waals surface area contributed by atoms with Crippen LogP contribution in [0, 0.1) is 23.7 Å². The molecule has 0 bridgehead atoms. The first-order chi connectivity index (χ1) is 7.31. The fourth-order valence-electron chi connectivity index (χ4n) is 4.05. The minimum Gasteiger partial charge on any atom is -0.372 e. The van der Waals surface area contributed by atoms with Crippen molar-refractivity contribution in [2.24, 2.45) is 23.7 Å². The van der Waals surface area contributed by atoms with Gasteiger partial charge in [0.05, 0.1) is 11.7 Å². The smallest absolute Gasteiger partial charge is 0.0692 e. The van der Waals surface area contributed by atoms with Crippen molar-refractivity contribution in [2.45, 2.75) is 73.0 Å². The Morgan fingerprint density at radius 2 is 1.75 bits per heavy atom. The molecule has 0 N–H and O–H groups in total. The van der Waals surface area contributed by atoms with E-state index in [9.17, 15) is 0 Å². The second-order valence-corrected chi connectivity index (χ2v) is 6.57. The van der Waals surface area contributed by atoms with Gasteiger partial charge < -0.3 is 4.74 Å². The maximum absolute atomic E-state index is 6.34. The molecule has 0 saturated carbocycles. The normalized spacial score (nSPS) is 39.9. The van der Waals surface area contributed by atoms with Gasteiger partial charge in [0, 0.05) is 0 Å². The Morgan fingerprint density at radius 3 is 2.12 bits per heavy atom. The van der Waals surface area contributed by atoms with E-state index in [-0.39, 0.29) is 5.60 Å². The van der Waals surface area contributed by atoms with Gasteiger partial charge in [-0.25, -0.2) is 0 Å². The van der Waals surface area contributed by atoms with Gasteiger partial charge in [-0.3, -0.25) is 0 Å². The van der Waals surface area contributed by atoms with Crippen LogP contribution in [-0.2, 0) is 4.74 Å². The molecule has 0 spiro atoms. The van der Waals surface area contributed by atoms with Crippen LogP contribution in [0.25, 0.3) is 0 Å². The van der Waals surface area contributed by atoms with Crippen molar-refractivity contribution in [3.63, 3.8) is 0 Å². The summed E-state index contributed by atoms with van der Waals surface area (Å²) in [7, 11) is 0. The summed E-state index contributed by atoms with van der Waals surface area (Å²) in [6.45, 7) is 16.2. The Hall–Kier alpha value is -0.0400. The van der Waals surface area contributed by atoms with Crippen LogP contribution in [-0.4, -0.2) is 11.7 Å². The lowest BCUT2D eigenvalue weighted by Crippen LogP contribution is -2.35. The van der Waals surface area contributed by atoms with Crippen LogP contribution in [0.2, 0.25) is 0 Å². The topological polar surface area (TPSA) is 9.23 Å². The summed E-state index contributed by atoms with van der Waals surface area (Å²) in [5.41, 5.74) is 0.108. The van der Waals surface area contributed by atoms with Crippen LogP contribution < -0.4 is 0 Å². The highest BCUT2D eigenvalue weighted by Gasteiger charge is 2.50. The molecule has 4 unspecified atom stereocenters. The Labute approximate surface area is 102 Å². The van der Waals surface area contributed by atoms with Gasteiger partial charge in [0.2, 0.25) is 0 Å². The Morgan fingerprint density at radius 1 is 1.19 bits per heavy atom. The van der Waals surface area contributed by atoms with E-state index in [0.29, 0.717) is 6.10 Å². The zero-order valence-corrected chi connectivity index (χ0v) is 12.2. The lowest BCUT2D eigenvalue weighted by Gasteiger charge is -2.34. The van der Waals surface area contributed by atoms with Crippen molar-refractivity contribution in [3.05, 3.63) is 0 Å². The van der Waals surface area contributed by atoms with Crippen molar-refractivity contribution in [2.75, 3.05) is 0 Å². The maximum atomic E-state index is 6.34. The molecule has 1 aliphatic rings. The van der Waals surface area contributed by atoms with Gasteiger partial charge in [-0.05, 0) is 43.9 Å². The van der Waals surface area contributed by atoms with Crippen LogP contribution in [0.3, 0.4) is 0 Å². The molecule has 1 nitrogen and oxygen atoms in total. The molecule has 96 valence electrons. The first-order valence-corrected chi connectivity index (χ1v) is 6.99. The van der Waals surface area contributed by atoms with Gasteiger partial charge >= 0.3 is 0 Å². The molecule has 0 amide bonds. The summed E-state index contributed by atoms with van der Waals surface area (Å²) >= 11 is 0. The van der Waals surface area contributed by atoms with Crippen molar-refractivity contribution in [3.8, 4) is 0 Å². The predicted molar refractivity (Wildman–Crippen MR) is 70.5 cm³/mol. The Kier molecular flexibility index (Phi) is 4.45. The molecule has 16 heavy (non-hydrogen) atoms. The van der Waals surface area contributed by atoms with Gasteiger partial charge in [0.1, 0.15) is 0 Å². The predicted octanol–water partition coefficient (Wildman–Crippen LogP) is 4.51. The third-order valence-corrected chi connectivity index (χ3v) is 4.27. The minimum absolute atomic E-state index is 0.108. The van der Waals surface area contributed by atoms with Crippen molar-refractivity contribution in [1.82, 2.24) is 0 Å². The molecular formula is C15H30O. The third kappa shape index (κ3) is 2.61. The van der Waals surface area contributed by atoms with E-state index < -0.39 is 0 Å². The standard InChI is InChI=1S/C15H30O/c1-8-13-14(11(4)5)12(6)16-15(13,7)9-10(2)3/h10-14H,8-9H2,1-7H3. The molecule has 1 aliphatic heterocycles. The second-order valence-electron chi connectivity index (χ2n) is 6.57. The van der Waals surface area contributed by atoms with Gasteiger partial charge in [0.25, 0.3) is 0 Å². The highest BCUT2D eigenvalue weighted by atomic mass is 16.5. The van der Waals surface area contributed by atoms with Crippen LogP contribution in [0.4, 0.5) is 0 Å². The molecule has 0 aromatic heterocycles. The number of rotatable bonds is 4. The first-order valence-electron chi connectivity index (χ1n) is 6.99. The summed E-state index contributed by atoms with van der Waals surface area (Å²) in [6, 6.07) is 0. The molecule has 0 aromatic carbocycles. The summed E-state index contributed by atoms with van der Waals surface area (Å²) in [4.78, 5) is 0. The molecule has 1 fully saturated rings. The average Bonchev–Trinajstić information content (AvgIpc) is 2.34. The summed E-state index contributed by atoms with van der Waals surface area (Å²) in [5.74, 6) is 2.91. The Balaban J connectivity index is 2.88. The van der Waals surface area contributed by atoms with Gasteiger partial charge in [-0.15, -0.1) is 0 Å². The fourth-order valence-corrected chi connectivity index (χ4v) is 4.05. The van der Waals surface area contributed by atoms with Crippen molar-refractivity contribution in [1.29, 1.82) is 0 Å². The fraction of sp³-hybridized carbons (Fsp3) is 1.00. The van der Waals surface area contributed by atoms with E-state index in [1.807, 2.05) is 0 Å². The first kappa shape index (κ1) is 14.0. The number of hydrogen-bond donors (Lipinski definition) is 0. The van der Waals surface area contributed by atoms with E-state index >= 15 is 0 Å². The summed E-state index contributed by atoms with van der Waals surface area (Å²) < 4.78 is 6.34. The van der Waals surface area contributed by atoms with Crippen LogP contribution in [0.5, 0.6) is 0 Å². The molecule has 4 atom stereocenters. The minimum atomic E-state index is 0.108. The lowest BCUT2D eigenvalue weighted by molar-refractivity contribution is -0.0535. The van der Waals surface area contributed by atoms with Crippen LogP contribution >= 0.6 is 0 Å². The van der Waals surface area contributed by atoms with E-state index in [1.165, 1.54) is 12.8 Å². The number of ether oxygens (including phenoxy) is 1. The lowest BCUT2D eigenvalue weighted by atomic mass is 9.71. The van der Waals surface area contributed by atoms with E-state index in [0.717, 1.165) is 23.7 Å². The molecule has 0 aliphatic carbocycles. The largest absolute Gasteiger partial charge is 0.372 e. The zero-order valence-electron chi connectivity index (χ0n) is 12.2. The SMILES string of the molecule is CCC1C(C(C)C)C(C)OC1(C)CC(C)C. The second kappa shape index (κ2) is 5.08. The quantitative estimate of drug-likeness (QED) is 0.685. The molecule has 0 aromatic rings. The zero-order chi connectivity index (χ0) is 12.5. The van der Waals surface area contributed by atoms with Crippen molar-refractivity contribution < 1.29 is 4.74 Å². The molecule has 0 radical (unpaired) electrons.